The van der Waals surface area contributed by atoms with Crippen LogP contribution < -0.4 is 9.47 Å². The fourth-order valence-corrected chi connectivity index (χ4v) is 5.83. The fourth-order valence-electron chi connectivity index (χ4n) is 5.71. The zero-order chi connectivity index (χ0) is 28.3. The highest BCUT2D eigenvalue weighted by Crippen LogP contribution is 2.62. The van der Waals surface area contributed by atoms with Gasteiger partial charge in [-0.25, -0.2) is 4.68 Å². The number of phenols is 1. The number of nitrogens with zero attached hydrogens (tertiary/aromatic N) is 2. The van der Waals surface area contributed by atoms with Gasteiger partial charge in [-0.2, -0.15) is 5.10 Å². The van der Waals surface area contributed by atoms with E-state index in [-0.39, 0.29) is 17.1 Å². The number of ether oxygens (including phenoxy) is 2. The molecule has 0 amide bonds. The maximum atomic E-state index is 13.6. The van der Waals surface area contributed by atoms with E-state index < -0.39 is 17.3 Å². The number of aliphatic hydroxyl groups is 1. The van der Waals surface area contributed by atoms with Crippen LogP contribution in [0, 0.1) is 13.8 Å². The van der Waals surface area contributed by atoms with Crippen LogP contribution in [0.1, 0.15) is 57.0 Å². The molecule has 2 aliphatic rings. The van der Waals surface area contributed by atoms with E-state index in [4.69, 9.17) is 26.2 Å². The molecule has 1 aliphatic carbocycles. The van der Waals surface area contributed by atoms with Crippen molar-refractivity contribution in [1.82, 2.24) is 9.78 Å². The molecule has 0 spiro atoms. The lowest BCUT2D eigenvalue weighted by molar-refractivity contribution is 0.0966. The van der Waals surface area contributed by atoms with Crippen molar-refractivity contribution in [2.45, 2.75) is 32.3 Å². The second-order valence-corrected chi connectivity index (χ2v) is 10.6. The number of para-hydroxylation sites is 1. The first-order valence-corrected chi connectivity index (χ1v) is 13.2. The third-order valence-electron chi connectivity index (χ3n) is 7.84. The van der Waals surface area contributed by atoms with Gasteiger partial charge in [0.2, 0.25) is 0 Å². The van der Waals surface area contributed by atoms with Crippen LogP contribution in [0.5, 0.6) is 17.2 Å². The van der Waals surface area contributed by atoms with Crippen molar-refractivity contribution in [3.8, 4) is 22.9 Å². The number of aliphatic hydroxyl groups excluding tert-OH is 1. The van der Waals surface area contributed by atoms with Gasteiger partial charge in [0, 0.05) is 22.2 Å². The molecule has 0 unspecified atom stereocenters. The van der Waals surface area contributed by atoms with Gasteiger partial charge < -0.3 is 19.7 Å². The molecule has 1 aliphatic heterocycles. The smallest absolute Gasteiger partial charge is 0.193 e. The molecule has 3 aromatic carbocycles. The van der Waals surface area contributed by atoms with Gasteiger partial charge in [0.1, 0.15) is 28.6 Å². The van der Waals surface area contributed by atoms with Crippen molar-refractivity contribution in [3.05, 3.63) is 111 Å². The van der Waals surface area contributed by atoms with Crippen LogP contribution in [-0.2, 0) is 5.41 Å². The summed E-state index contributed by atoms with van der Waals surface area (Å²) in [6.45, 7) is 5.39. The van der Waals surface area contributed by atoms with Crippen LogP contribution in [0.25, 0.3) is 17.8 Å². The summed E-state index contributed by atoms with van der Waals surface area (Å²) >= 11 is 5.98. The van der Waals surface area contributed by atoms with Gasteiger partial charge in [-0.15, -0.1) is 0 Å². The molecule has 4 aromatic rings. The van der Waals surface area contributed by atoms with E-state index in [9.17, 15) is 15.0 Å². The highest BCUT2D eigenvalue weighted by atomic mass is 35.5. The van der Waals surface area contributed by atoms with E-state index in [1.807, 2.05) is 50.3 Å². The molecule has 2 N–H and O–H groups in total. The molecular formula is C32H27ClN2O5. The number of benzene rings is 3. The van der Waals surface area contributed by atoms with Gasteiger partial charge in [0.25, 0.3) is 0 Å². The molecule has 2 atom stereocenters. The number of carbonyl (C=O) groups excluding carboxylic acids is 1. The number of fused-ring (bicyclic) bond motifs is 4. The minimum Gasteiger partial charge on any atom is -0.507 e. The average Bonchev–Trinajstić information content (AvgIpc) is 3.44. The zero-order valence-corrected chi connectivity index (χ0v) is 23.2. The first kappa shape index (κ1) is 25.9. The van der Waals surface area contributed by atoms with Gasteiger partial charge in [-0.1, -0.05) is 48.0 Å². The summed E-state index contributed by atoms with van der Waals surface area (Å²) < 4.78 is 13.9. The predicted octanol–water partition coefficient (Wildman–Crippen LogP) is 6.49. The predicted molar refractivity (Wildman–Crippen MR) is 153 cm³/mol. The zero-order valence-electron chi connectivity index (χ0n) is 22.4. The SMILES string of the molecule is COc1c(C)c(O)c(C(=O)/C=C/c2ccc(Cl)cc2)c2c1[C@@]1(C)C(=Cc3c(c(C)nn3-c3ccccc3)[C@@H]1O)O2. The molecule has 202 valence electrons. The maximum absolute atomic E-state index is 13.6. The Bertz CT molecular complexity index is 1740. The number of hydrogen-bond acceptors (Lipinski definition) is 6. The first-order chi connectivity index (χ1) is 19.2. The summed E-state index contributed by atoms with van der Waals surface area (Å²) in [6, 6.07) is 16.7. The van der Waals surface area contributed by atoms with Gasteiger partial charge in [-0.05, 0) is 56.7 Å². The molecule has 2 heterocycles. The van der Waals surface area contributed by atoms with Crippen LogP contribution in [0.2, 0.25) is 5.02 Å². The number of hydrogen-bond donors (Lipinski definition) is 2. The largest absolute Gasteiger partial charge is 0.507 e. The summed E-state index contributed by atoms with van der Waals surface area (Å²) in [7, 11) is 1.49. The van der Waals surface area contributed by atoms with Crippen LogP contribution in [0.4, 0.5) is 0 Å². The lowest BCUT2D eigenvalue weighted by atomic mass is 9.70. The number of methoxy groups -OCH3 is 1. The Kier molecular flexibility index (Phi) is 6.09. The Labute approximate surface area is 236 Å². The molecular weight excluding hydrogens is 528 g/mol. The number of aryl methyl sites for hydroxylation is 1. The third-order valence-corrected chi connectivity index (χ3v) is 8.09. The van der Waals surface area contributed by atoms with E-state index in [1.54, 1.807) is 41.9 Å². The highest BCUT2D eigenvalue weighted by molar-refractivity contribution is 6.30. The average molecular weight is 555 g/mol. The normalized spacial score (nSPS) is 19.1. The molecule has 40 heavy (non-hydrogen) atoms. The van der Waals surface area contributed by atoms with E-state index in [0.717, 1.165) is 11.3 Å². The molecule has 0 fully saturated rings. The van der Waals surface area contributed by atoms with Crippen molar-refractivity contribution in [2.75, 3.05) is 7.11 Å². The summed E-state index contributed by atoms with van der Waals surface area (Å²) in [6.07, 6.45) is 3.82. The number of aromatic nitrogens is 2. The second kappa shape index (κ2) is 9.40. The minimum absolute atomic E-state index is 0.00713. The number of halogens is 1. The summed E-state index contributed by atoms with van der Waals surface area (Å²) in [5.74, 6) is 0.269. The molecule has 6 rings (SSSR count). The Morgan fingerprint density at radius 1 is 1.15 bits per heavy atom. The quantitative estimate of drug-likeness (QED) is 0.216. The van der Waals surface area contributed by atoms with Gasteiger partial charge in [-0.3, -0.25) is 4.79 Å². The Balaban J connectivity index is 1.53. The van der Waals surface area contributed by atoms with Crippen LogP contribution in [-0.4, -0.2) is 32.9 Å². The molecule has 0 radical (unpaired) electrons. The van der Waals surface area contributed by atoms with Crippen molar-refractivity contribution in [2.24, 2.45) is 0 Å². The van der Waals surface area contributed by atoms with Crippen LogP contribution in [0.3, 0.4) is 0 Å². The van der Waals surface area contributed by atoms with Crippen molar-refractivity contribution in [1.29, 1.82) is 0 Å². The van der Waals surface area contributed by atoms with Crippen molar-refractivity contribution < 1.29 is 24.5 Å². The monoisotopic (exact) mass is 554 g/mol. The van der Waals surface area contributed by atoms with Gasteiger partial charge in [0.15, 0.2) is 5.78 Å². The molecule has 7 nitrogen and oxygen atoms in total. The summed E-state index contributed by atoms with van der Waals surface area (Å²) in [5, 5.41) is 28.5. The number of allylic oxidation sites excluding steroid dienone is 1. The first-order valence-electron chi connectivity index (χ1n) is 12.8. The van der Waals surface area contributed by atoms with Crippen molar-refractivity contribution >= 4 is 29.5 Å². The molecule has 0 bridgehead atoms. The van der Waals surface area contributed by atoms with E-state index in [2.05, 4.69) is 0 Å². The van der Waals surface area contributed by atoms with Gasteiger partial charge in [0.05, 0.1) is 41.3 Å². The standard InChI is InChI=1S/C32H27ClN2O5/c1-17-28(37)26(23(36)15-12-19-10-13-20(33)14-11-19)30-27(29(17)39-4)32(3)24(40-30)16-22-25(31(32)38)18(2)34-35(22)21-8-6-5-7-9-21/h5-16,31,37-38H,1-4H3/b15-12+/t31-,32+/m0/s1. The minimum atomic E-state index is -1.10. The molecule has 1 aromatic heterocycles. The lowest BCUT2D eigenvalue weighted by Gasteiger charge is -2.34. The number of ketones is 1. The molecule has 0 saturated heterocycles. The summed E-state index contributed by atoms with van der Waals surface area (Å²) in [5.41, 5.74) is 3.42. The topological polar surface area (TPSA) is 93.8 Å². The maximum Gasteiger partial charge on any atom is 0.193 e. The second-order valence-electron chi connectivity index (χ2n) is 10.2. The number of carbonyl (C=O) groups is 1. The molecule has 8 heteroatoms. The Morgan fingerprint density at radius 2 is 1.85 bits per heavy atom. The van der Waals surface area contributed by atoms with E-state index in [1.165, 1.54) is 13.2 Å². The number of aromatic hydroxyl groups is 1. The lowest BCUT2D eigenvalue weighted by Crippen LogP contribution is -2.34. The van der Waals surface area contributed by atoms with Crippen LogP contribution in [0.15, 0.2) is 66.4 Å². The Morgan fingerprint density at radius 3 is 2.52 bits per heavy atom. The fraction of sp³-hybridized carbons (Fsp3) is 0.188. The molecule has 0 saturated carbocycles. The highest BCUT2D eigenvalue weighted by Gasteiger charge is 2.55. The van der Waals surface area contributed by atoms with Crippen LogP contribution >= 0.6 is 11.6 Å². The van der Waals surface area contributed by atoms with Crippen molar-refractivity contribution in [3.63, 3.8) is 0 Å². The van der Waals surface area contributed by atoms with E-state index >= 15 is 0 Å². The third kappa shape index (κ3) is 3.69. The summed E-state index contributed by atoms with van der Waals surface area (Å²) in [4.78, 5) is 13.6. The van der Waals surface area contributed by atoms with E-state index in [0.29, 0.717) is 44.6 Å². The Hall–Kier alpha value is -4.33. The number of phenolic OH excluding ortho intramolecular Hbond substituents is 1. The van der Waals surface area contributed by atoms with Gasteiger partial charge >= 0.3 is 0 Å². The number of rotatable bonds is 5.